The number of carboxylic acid groups (broad SMARTS) is 1. The van der Waals surface area contributed by atoms with E-state index in [1.807, 2.05) is 30.3 Å². The lowest BCUT2D eigenvalue weighted by atomic mass is 10.0. The fourth-order valence-corrected chi connectivity index (χ4v) is 2.30. The first-order valence-electron chi connectivity index (χ1n) is 6.60. The fourth-order valence-electron chi connectivity index (χ4n) is 2.30. The van der Waals surface area contributed by atoms with Crippen LogP contribution in [0.3, 0.4) is 0 Å². The van der Waals surface area contributed by atoms with Crippen molar-refractivity contribution in [1.82, 2.24) is 4.98 Å². The van der Waals surface area contributed by atoms with E-state index >= 15 is 0 Å². The number of aromatic carboxylic acids is 1. The van der Waals surface area contributed by atoms with Crippen LogP contribution in [0.4, 0.5) is 0 Å². The molecule has 110 valence electrons. The number of ether oxygens (including phenoxy) is 1. The molecule has 0 aliphatic heterocycles. The van der Waals surface area contributed by atoms with Crippen molar-refractivity contribution in [3.05, 3.63) is 54.1 Å². The molecule has 5 nitrogen and oxygen atoms in total. The number of carbonyl (C=O) groups is 1. The van der Waals surface area contributed by atoms with Crippen LogP contribution in [-0.4, -0.2) is 28.3 Å². The number of aromatic nitrogens is 1. The number of benzene rings is 2. The Balaban J connectivity index is 2.24. The molecule has 1 heterocycles. The number of phenols is 1. The normalized spacial score (nSPS) is 10.6. The molecule has 0 fully saturated rings. The molecular formula is C17H13NO4. The minimum atomic E-state index is -1.10. The molecule has 5 heteroatoms. The lowest BCUT2D eigenvalue weighted by molar-refractivity contribution is 0.0696. The third-order valence-electron chi connectivity index (χ3n) is 3.42. The molecule has 0 saturated heterocycles. The van der Waals surface area contributed by atoms with Crippen molar-refractivity contribution in [3.8, 4) is 22.8 Å². The number of pyridine rings is 1. The van der Waals surface area contributed by atoms with Crippen LogP contribution in [0.5, 0.6) is 11.5 Å². The Bertz CT molecular complexity index is 874. The van der Waals surface area contributed by atoms with E-state index < -0.39 is 5.97 Å². The van der Waals surface area contributed by atoms with Gasteiger partial charge in [0.25, 0.3) is 0 Å². The van der Waals surface area contributed by atoms with Gasteiger partial charge in [0.15, 0.2) is 11.5 Å². The van der Waals surface area contributed by atoms with Crippen LogP contribution in [0.25, 0.3) is 22.2 Å². The molecule has 2 aromatic carbocycles. The monoisotopic (exact) mass is 295 g/mol. The van der Waals surface area contributed by atoms with Crippen LogP contribution in [0.2, 0.25) is 0 Å². The summed E-state index contributed by atoms with van der Waals surface area (Å²) >= 11 is 0. The Labute approximate surface area is 126 Å². The van der Waals surface area contributed by atoms with Crippen LogP contribution in [0, 0.1) is 0 Å². The van der Waals surface area contributed by atoms with Crippen molar-refractivity contribution in [2.24, 2.45) is 0 Å². The minimum Gasteiger partial charge on any atom is -0.504 e. The lowest BCUT2D eigenvalue weighted by Crippen LogP contribution is -1.99. The number of carboxylic acids is 1. The quantitative estimate of drug-likeness (QED) is 0.775. The van der Waals surface area contributed by atoms with Gasteiger partial charge in [-0.1, -0.05) is 24.3 Å². The number of aromatic hydroxyl groups is 1. The van der Waals surface area contributed by atoms with Crippen LogP contribution in [0.1, 0.15) is 10.4 Å². The average Bonchev–Trinajstić information content (AvgIpc) is 2.54. The molecule has 0 atom stereocenters. The number of rotatable bonds is 3. The number of methoxy groups -OCH3 is 1. The summed E-state index contributed by atoms with van der Waals surface area (Å²) in [6.45, 7) is 0. The number of hydrogen-bond donors (Lipinski definition) is 2. The van der Waals surface area contributed by atoms with Crippen LogP contribution < -0.4 is 4.74 Å². The highest BCUT2D eigenvalue weighted by Crippen LogP contribution is 2.38. The summed E-state index contributed by atoms with van der Waals surface area (Å²) in [6.07, 6.45) is 0. The van der Waals surface area contributed by atoms with E-state index in [1.54, 1.807) is 6.07 Å². The molecule has 0 aliphatic rings. The molecule has 22 heavy (non-hydrogen) atoms. The van der Waals surface area contributed by atoms with Crippen molar-refractivity contribution >= 4 is 16.9 Å². The Morgan fingerprint density at radius 1 is 1.14 bits per heavy atom. The fraction of sp³-hybridized carbons (Fsp3) is 0.0588. The summed E-state index contributed by atoms with van der Waals surface area (Å²) in [5, 5.41) is 20.4. The van der Waals surface area contributed by atoms with Crippen molar-refractivity contribution in [1.29, 1.82) is 0 Å². The number of nitrogens with zero attached hydrogens (tertiary/aromatic N) is 1. The predicted octanol–water partition coefficient (Wildman–Crippen LogP) is 3.31. The second kappa shape index (κ2) is 5.37. The van der Waals surface area contributed by atoms with E-state index in [4.69, 9.17) is 4.74 Å². The average molecular weight is 295 g/mol. The topological polar surface area (TPSA) is 79.7 Å². The zero-order valence-corrected chi connectivity index (χ0v) is 11.8. The van der Waals surface area contributed by atoms with Crippen molar-refractivity contribution < 1.29 is 19.7 Å². The van der Waals surface area contributed by atoms with E-state index in [1.165, 1.54) is 19.2 Å². The Hall–Kier alpha value is -3.08. The van der Waals surface area contributed by atoms with Crippen LogP contribution in [-0.2, 0) is 0 Å². The van der Waals surface area contributed by atoms with Gasteiger partial charge in [-0.05, 0) is 24.3 Å². The van der Waals surface area contributed by atoms with Gasteiger partial charge in [-0.15, -0.1) is 0 Å². The molecule has 0 bridgehead atoms. The number of fused-ring (bicyclic) bond motifs is 1. The van der Waals surface area contributed by atoms with E-state index in [-0.39, 0.29) is 17.1 Å². The molecule has 3 aromatic rings. The highest BCUT2D eigenvalue weighted by molar-refractivity contribution is 5.92. The first-order chi connectivity index (χ1) is 10.6. The van der Waals surface area contributed by atoms with E-state index in [9.17, 15) is 15.0 Å². The third kappa shape index (κ3) is 2.33. The molecular weight excluding hydrogens is 282 g/mol. The SMILES string of the molecule is COc1cc(C(=O)O)cc(-c2ccc3ccccc3n2)c1O. The predicted molar refractivity (Wildman–Crippen MR) is 82.4 cm³/mol. The summed E-state index contributed by atoms with van der Waals surface area (Å²) in [4.78, 5) is 15.7. The number of para-hydroxylation sites is 1. The van der Waals surface area contributed by atoms with Crippen LogP contribution >= 0.6 is 0 Å². The van der Waals surface area contributed by atoms with Gasteiger partial charge in [0.2, 0.25) is 0 Å². The summed E-state index contributed by atoms with van der Waals surface area (Å²) in [5.74, 6) is -1.12. The molecule has 0 saturated carbocycles. The maximum atomic E-state index is 11.2. The van der Waals surface area contributed by atoms with E-state index in [0.29, 0.717) is 11.3 Å². The van der Waals surface area contributed by atoms with Crippen molar-refractivity contribution in [2.75, 3.05) is 7.11 Å². The van der Waals surface area contributed by atoms with Crippen molar-refractivity contribution in [3.63, 3.8) is 0 Å². The van der Waals surface area contributed by atoms with Gasteiger partial charge >= 0.3 is 5.97 Å². The highest BCUT2D eigenvalue weighted by Gasteiger charge is 2.16. The zero-order chi connectivity index (χ0) is 15.7. The van der Waals surface area contributed by atoms with Crippen molar-refractivity contribution in [2.45, 2.75) is 0 Å². The third-order valence-corrected chi connectivity index (χ3v) is 3.42. The highest BCUT2D eigenvalue weighted by atomic mass is 16.5. The smallest absolute Gasteiger partial charge is 0.335 e. The number of phenolic OH excluding ortho intramolecular Hbond substituents is 1. The standard InChI is InChI=1S/C17H13NO4/c1-22-15-9-11(17(20)21)8-12(16(15)19)14-7-6-10-4-2-3-5-13(10)18-14/h2-9,19H,1H3,(H,20,21). The second-order valence-corrected chi connectivity index (χ2v) is 4.77. The van der Waals surface area contributed by atoms with Gasteiger partial charge in [0.05, 0.1) is 23.9 Å². The van der Waals surface area contributed by atoms with Gasteiger partial charge < -0.3 is 14.9 Å². The Morgan fingerprint density at radius 2 is 1.91 bits per heavy atom. The summed E-state index contributed by atoms with van der Waals surface area (Å²) in [7, 11) is 1.37. The minimum absolute atomic E-state index is 0.0274. The van der Waals surface area contributed by atoms with Gasteiger partial charge in [0.1, 0.15) is 0 Å². The number of hydrogen-bond acceptors (Lipinski definition) is 4. The van der Waals surface area contributed by atoms with Gasteiger partial charge in [-0.25, -0.2) is 9.78 Å². The molecule has 3 rings (SSSR count). The Kier molecular flexibility index (Phi) is 3.39. The molecule has 0 spiro atoms. The largest absolute Gasteiger partial charge is 0.504 e. The first-order valence-corrected chi connectivity index (χ1v) is 6.60. The van der Waals surface area contributed by atoms with Gasteiger partial charge in [-0.2, -0.15) is 0 Å². The van der Waals surface area contributed by atoms with Gasteiger partial charge in [-0.3, -0.25) is 0 Å². The molecule has 0 radical (unpaired) electrons. The zero-order valence-electron chi connectivity index (χ0n) is 11.8. The maximum Gasteiger partial charge on any atom is 0.335 e. The van der Waals surface area contributed by atoms with Gasteiger partial charge in [0, 0.05) is 10.9 Å². The molecule has 1 aromatic heterocycles. The van der Waals surface area contributed by atoms with E-state index in [2.05, 4.69) is 4.98 Å². The summed E-state index contributed by atoms with van der Waals surface area (Å²) in [5.41, 5.74) is 1.60. The first kappa shape index (κ1) is 13.9. The maximum absolute atomic E-state index is 11.2. The van der Waals surface area contributed by atoms with Crippen LogP contribution in [0.15, 0.2) is 48.5 Å². The lowest BCUT2D eigenvalue weighted by Gasteiger charge is -2.11. The molecule has 0 amide bonds. The van der Waals surface area contributed by atoms with E-state index in [0.717, 1.165) is 10.9 Å². The molecule has 0 aliphatic carbocycles. The molecule has 0 unspecified atom stereocenters. The second-order valence-electron chi connectivity index (χ2n) is 4.77. The molecule has 2 N–H and O–H groups in total. The summed E-state index contributed by atoms with van der Waals surface area (Å²) < 4.78 is 5.04. The Morgan fingerprint density at radius 3 is 2.64 bits per heavy atom. The summed E-state index contributed by atoms with van der Waals surface area (Å²) in [6, 6.07) is 13.8.